The summed E-state index contributed by atoms with van der Waals surface area (Å²) >= 11 is 0. The minimum atomic E-state index is -0.255. The van der Waals surface area contributed by atoms with Crippen molar-refractivity contribution in [2.24, 2.45) is 0 Å². The Morgan fingerprint density at radius 1 is 0.727 bits per heavy atom. The topological polar surface area (TPSA) is 9.23 Å². The Balaban J connectivity index is 1.66. The van der Waals surface area contributed by atoms with Crippen molar-refractivity contribution in [1.82, 2.24) is 0 Å². The van der Waals surface area contributed by atoms with E-state index in [2.05, 4.69) is 55.5 Å². The highest BCUT2D eigenvalue weighted by molar-refractivity contribution is 5.63. The summed E-state index contributed by atoms with van der Waals surface area (Å²) in [7, 11) is 0. The van der Waals surface area contributed by atoms with Crippen LogP contribution in [0.2, 0.25) is 0 Å². The zero-order valence-electron chi connectivity index (χ0n) is 12.4. The van der Waals surface area contributed by atoms with Crippen molar-refractivity contribution in [2.75, 3.05) is 0 Å². The minimum absolute atomic E-state index is 0.255. The maximum Gasteiger partial charge on any atom is 0.123 e. The minimum Gasteiger partial charge on any atom is -0.489 e. The van der Waals surface area contributed by atoms with Crippen LogP contribution >= 0.6 is 0 Å². The zero-order chi connectivity index (χ0) is 15.4. The van der Waals surface area contributed by atoms with Crippen LogP contribution in [-0.4, -0.2) is 0 Å². The fourth-order valence-corrected chi connectivity index (χ4v) is 2.24. The van der Waals surface area contributed by atoms with Gasteiger partial charge in [0.05, 0.1) is 0 Å². The van der Waals surface area contributed by atoms with Gasteiger partial charge in [0, 0.05) is 0 Å². The lowest BCUT2D eigenvalue weighted by Gasteiger charge is -2.07. The van der Waals surface area contributed by atoms with E-state index in [0.717, 1.165) is 5.56 Å². The van der Waals surface area contributed by atoms with E-state index >= 15 is 0 Å². The number of hydrogen-bond donors (Lipinski definition) is 0. The lowest BCUT2D eigenvalue weighted by atomic mass is 10.0. The summed E-state index contributed by atoms with van der Waals surface area (Å²) in [4.78, 5) is 0. The van der Waals surface area contributed by atoms with Crippen LogP contribution in [0.15, 0.2) is 72.8 Å². The Morgan fingerprint density at radius 2 is 1.27 bits per heavy atom. The first-order valence-electron chi connectivity index (χ1n) is 7.25. The number of ether oxygens (including phenoxy) is 1. The number of hydrogen-bond acceptors (Lipinski definition) is 1. The van der Waals surface area contributed by atoms with Gasteiger partial charge in [-0.05, 0) is 47.9 Å². The van der Waals surface area contributed by atoms with Crippen LogP contribution in [0.5, 0.6) is 5.75 Å². The van der Waals surface area contributed by atoms with Crippen LogP contribution in [0.25, 0.3) is 11.1 Å². The fourth-order valence-electron chi connectivity index (χ4n) is 2.24. The van der Waals surface area contributed by atoms with Crippen molar-refractivity contribution in [3.05, 3.63) is 89.7 Å². The molecular formula is C20H17FO. The van der Waals surface area contributed by atoms with Gasteiger partial charge in [-0.1, -0.05) is 54.1 Å². The number of aryl methyl sites for hydroxylation is 1. The van der Waals surface area contributed by atoms with E-state index in [0.29, 0.717) is 12.4 Å². The molecule has 0 amide bonds. The van der Waals surface area contributed by atoms with Gasteiger partial charge in [0.1, 0.15) is 18.2 Å². The molecule has 1 nitrogen and oxygen atoms in total. The normalized spacial score (nSPS) is 10.5. The molecule has 0 fully saturated rings. The van der Waals surface area contributed by atoms with E-state index in [9.17, 15) is 4.39 Å². The molecule has 0 aliphatic heterocycles. The maximum atomic E-state index is 12.8. The highest BCUT2D eigenvalue weighted by Crippen LogP contribution is 2.21. The second-order valence-electron chi connectivity index (χ2n) is 5.31. The number of benzene rings is 3. The monoisotopic (exact) mass is 292 g/mol. The van der Waals surface area contributed by atoms with Crippen molar-refractivity contribution >= 4 is 0 Å². The first kappa shape index (κ1) is 14.3. The number of halogens is 1. The quantitative estimate of drug-likeness (QED) is 0.627. The average Bonchev–Trinajstić information content (AvgIpc) is 2.56. The molecule has 0 saturated carbocycles. The van der Waals surface area contributed by atoms with Gasteiger partial charge in [0.2, 0.25) is 0 Å². The summed E-state index contributed by atoms with van der Waals surface area (Å²) < 4.78 is 18.5. The average molecular weight is 292 g/mol. The molecule has 0 unspecified atom stereocenters. The van der Waals surface area contributed by atoms with E-state index in [-0.39, 0.29) is 5.82 Å². The summed E-state index contributed by atoms with van der Waals surface area (Å²) in [5.74, 6) is 0.416. The summed E-state index contributed by atoms with van der Waals surface area (Å²) in [6, 6.07) is 22.8. The molecule has 0 bridgehead atoms. The molecule has 2 heteroatoms. The second kappa shape index (κ2) is 6.44. The third-order valence-electron chi connectivity index (χ3n) is 3.56. The fraction of sp³-hybridized carbons (Fsp3) is 0.100. The van der Waals surface area contributed by atoms with E-state index in [4.69, 9.17) is 4.74 Å². The molecule has 3 aromatic carbocycles. The zero-order valence-corrected chi connectivity index (χ0v) is 12.4. The van der Waals surface area contributed by atoms with Crippen molar-refractivity contribution in [2.45, 2.75) is 13.5 Å². The molecule has 0 atom stereocenters. The second-order valence-corrected chi connectivity index (χ2v) is 5.31. The van der Waals surface area contributed by atoms with Crippen LogP contribution in [0.3, 0.4) is 0 Å². The third-order valence-corrected chi connectivity index (χ3v) is 3.56. The molecule has 0 spiro atoms. The predicted molar refractivity (Wildman–Crippen MR) is 87.3 cm³/mol. The highest BCUT2D eigenvalue weighted by Gasteiger charge is 2.00. The van der Waals surface area contributed by atoms with E-state index in [1.165, 1.54) is 28.8 Å². The van der Waals surface area contributed by atoms with Gasteiger partial charge in [-0.2, -0.15) is 0 Å². The maximum absolute atomic E-state index is 12.8. The Bertz CT molecular complexity index is 728. The van der Waals surface area contributed by atoms with Crippen LogP contribution < -0.4 is 4.74 Å². The first-order valence-corrected chi connectivity index (χ1v) is 7.25. The number of rotatable bonds is 4. The Kier molecular flexibility index (Phi) is 4.19. The van der Waals surface area contributed by atoms with Crippen LogP contribution in [0.1, 0.15) is 11.1 Å². The highest BCUT2D eigenvalue weighted by atomic mass is 19.1. The Morgan fingerprint density at radius 3 is 1.86 bits per heavy atom. The van der Waals surface area contributed by atoms with Crippen LogP contribution in [0, 0.1) is 12.7 Å². The van der Waals surface area contributed by atoms with Gasteiger partial charge >= 0.3 is 0 Å². The Hall–Kier alpha value is -2.61. The molecule has 110 valence electrons. The van der Waals surface area contributed by atoms with Gasteiger partial charge in [0.25, 0.3) is 0 Å². The molecule has 3 aromatic rings. The summed E-state index contributed by atoms with van der Waals surface area (Å²) in [5.41, 5.74) is 4.73. The molecule has 0 N–H and O–H groups in total. The standard InChI is InChI=1S/C20H17FO/c1-15-2-6-17(7-3-15)18-8-4-16(5-9-18)14-22-20-12-10-19(21)11-13-20/h2-13H,14H2,1H3. The van der Waals surface area contributed by atoms with Crippen molar-refractivity contribution in [3.8, 4) is 16.9 Å². The largest absolute Gasteiger partial charge is 0.489 e. The van der Waals surface area contributed by atoms with Gasteiger partial charge < -0.3 is 4.74 Å². The molecule has 3 rings (SSSR count). The van der Waals surface area contributed by atoms with Crippen molar-refractivity contribution in [1.29, 1.82) is 0 Å². The van der Waals surface area contributed by atoms with Gasteiger partial charge in [-0.15, -0.1) is 0 Å². The van der Waals surface area contributed by atoms with Gasteiger partial charge in [-0.3, -0.25) is 0 Å². The summed E-state index contributed by atoms with van der Waals surface area (Å²) in [5, 5.41) is 0. The molecule has 0 aliphatic rings. The predicted octanol–water partition coefficient (Wildman–Crippen LogP) is 5.38. The van der Waals surface area contributed by atoms with Gasteiger partial charge in [0.15, 0.2) is 0 Å². The van der Waals surface area contributed by atoms with E-state index in [1.54, 1.807) is 12.1 Å². The van der Waals surface area contributed by atoms with Crippen LogP contribution in [-0.2, 0) is 6.61 Å². The molecule has 0 aromatic heterocycles. The third kappa shape index (κ3) is 3.53. The van der Waals surface area contributed by atoms with Crippen LogP contribution in [0.4, 0.5) is 4.39 Å². The summed E-state index contributed by atoms with van der Waals surface area (Å²) in [6.45, 7) is 2.56. The molecule has 0 aliphatic carbocycles. The molecule has 0 heterocycles. The Labute approximate surface area is 130 Å². The van der Waals surface area contributed by atoms with E-state index in [1.807, 2.05) is 0 Å². The molecule has 0 saturated heterocycles. The lowest BCUT2D eigenvalue weighted by molar-refractivity contribution is 0.306. The van der Waals surface area contributed by atoms with Crippen molar-refractivity contribution < 1.29 is 9.13 Å². The SMILES string of the molecule is Cc1ccc(-c2ccc(COc3ccc(F)cc3)cc2)cc1. The first-order chi connectivity index (χ1) is 10.7. The lowest BCUT2D eigenvalue weighted by Crippen LogP contribution is -1.95. The van der Waals surface area contributed by atoms with Gasteiger partial charge in [-0.25, -0.2) is 4.39 Å². The molecule has 0 radical (unpaired) electrons. The smallest absolute Gasteiger partial charge is 0.123 e. The molecular weight excluding hydrogens is 275 g/mol. The van der Waals surface area contributed by atoms with Crippen molar-refractivity contribution in [3.63, 3.8) is 0 Å². The summed E-state index contributed by atoms with van der Waals surface area (Å²) in [6.07, 6.45) is 0. The van der Waals surface area contributed by atoms with E-state index < -0.39 is 0 Å². The molecule has 22 heavy (non-hydrogen) atoms.